The maximum absolute atomic E-state index is 14.6. The number of aliphatic hydroxyl groups is 1. The molecule has 3 rings (SSSR count). The first-order valence-corrected chi connectivity index (χ1v) is 10.7. The fraction of sp³-hybridized carbons (Fsp3) is 0.476. The number of aliphatic imine (C=N–C) groups is 1. The van der Waals surface area contributed by atoms with Gasteiger partial charge >= 0.3 is 0 Å². The number of piperidine rings is 1. The van der Waals surface area contributed by atoms with E-state index in [0.29, 0.717) is 38.2 Å². The van der Waals surface area contributed by atoms with Crippen molar-refractivity contribution in [2.24, 2.45) is 4.99 Å². The van der Waals surface area contributed by atoms with Crippen molar-refractivity contribution < 1.29 is 9.50 Å². The van der Waals surface area contributed by atoms with Crippen LogP contribution in [0.25, 0.3) is 0 Å². The molecule has 160 valence electrons. The summed E-state index contributed by atoms with van der Waals surface area (Å²) in [6, 6.07) is 7.43. The number of thiophene rings is 1. The van der Waals surface area contributed by atoms with Crippen molar-refractivity contribution in [1.82, 2.24) is 10.6 Å². The first-order chi connectivity index (χ1) is 13.6. The minimum Gasteiger partial charge on any atom is -0.393 e. The van der Waals surface area contributed by atoms with Crippen LogP contribution in [0.1, 0.15) is 35.8 Å². The molecule has 1 saturated heterocycles. The number of hydrogen-bond donors (Lipinski definition) is 3. The fourth-order valence-corrected chi connectivity index (χ4v) is 4.12. The van der Waals surface area contributed by atoms with Crippen molar-refractivity contribution >= 4 is 47.0 Å². The number of guanidine groups is 1. The van der Waals surface area contributed by atoms with Gasteiger partial charge in [0.1, 0.15) is 5.82 Å². The van der Waals surface area contributed by atoms with Crippen LogP contribution in [0.4, 0.5) is 10.1 Å². The summed E-state index contributed by atoms with van der Waals surface area (Å²) >= 11 is 1.73. The number of nitrogens with one attached hydrogen (secondary N) is 2. The highest BCUT2D eigenvalue weighted by atomic mass is 127. The Morgan fingerprint density at radius 1 is 1.28 bits per heavy atom. The minimum atomic E-state index is -0.261. The van der Waals surface area contributed by atoms with E-state index >= 15 is 0 Å². The first kappa shape index (κ1) is 23.9. The Hall–Kier alpha value is -1.39. The summed E-state index contributed by atoms with van der Waals surface area (Å²) in [6.07, 6.45) is 1.11. The molecule has 1 aliphatic heterocycles. The second kappa shape index (κ2) is 11.7. The van der Waals surface area contributed by atoms with Crippen molar-refractivity contribution in [3.63, 3.8) is 0 Å². The number of anilines is 1. The molecule has 0 spiro atoms. The van der Waals surface area contributed by atoms with E-state index in [4.69, 9.17) is 0 Å². The van der Waals surface area contributed by atoms with Gasteiger partial charge < -0.3 is 20.6 Å². The van der Waals surface area contributed by atoms with Gasteiger partial charge in [0.15, 0.2) is 5.96 Å². The van der Waals surface area contributed by atoms with E-state index in [-0.39, 0.29) is 35.9 Å². The zero-order chi connectivity index (χ0) is 19.9. The van der Waals surface area contributed by atoms with Crippen LogP contribution in [0.5, 0.6) is 0 Å². The molecular weight excluding hydrogens is 502 g/mol. The van der Waals surface area contributed by atoms with Crippen LogP contribution in [0.2, 0.25) is 0 Å². The van der Waals surface area contributed by atoms with E-state index in [1.165, 1.54) is 10.4 Å². The maximum atomic E-state index is 14.6. The molecule has 5 nitrogen and oxygen atoms in total. The van der Waals surface area contributed by atoms with Crippen molar-refractivity contribution in [2.75, 3.05) is 24.5 Å². The van der Waals surface area contributed by atoms with E-state index in [1.807, 2.05) is 24.0 Å². The monoisotopic (exact) mass is 532 g/mol. The Balaban J connectivity index is 0.00000300. The third-order valence-corrected chi connectivity index (χ3v) is 5.99. The Kier molecular flexibility index (Phi) is 9.64. The van der Waals surface area contributed by atoms with E-state index in [9.17, 15) is 9.50 Å². The molecule has 1 fully saturated rings. The second-order valence-corrected chi connectivity index (χ2v) is 8.08. The summed E-state index contributed by atoms with van der Waals surface area (Å²) in [4.78, 5) is 7.88. The van der Waals surface area contributed by atoms with Gasteiger partial charge in [-0.15, -0.1) is 35.3 Å². The molecule has 8 heteroatoms. The lowest BCUT2D eigenvalue weighted by molar-refractivity contribution is 0.145. The van der Waals surface area contributed by atoms with Gasteiger partial charge in [0.05, 0.1) is 24.9 Å². The maximum Gasteiger partial charge on any atom is 0.191 e. The summed E-state index contributed by atoms with van der Waals surface area (Å²) in [6.45, 7) is 7.41. The van der Waals surface area contributed by atoms with E-state index < -0.39 is 0 Å². The van der Waals surface area contributed by atoms with Crippen molar-refractivity contribution in [3.8, 4) is 0 Å². The molecule has 0 amide bonds. The van der Waals surface area contributed by atoms with Crippen LogP contribution in [0.3, 0.4) is 0 Å². The van der Waals surface area contributed by atoms with Gasteiger partial charge in [-0.25, -0.2) is 9.38 Å². The Morgan fingerprint density at radius 2 is 2.03 bits per heavy atom. The molecule has 3 N–H and O–H groups in total. The number of rotatable bonds is 6. The van der Waals surface area contributed by atoms with Crippen molar-refractivity contribution in [2.45, 2.75) is 45.9 Å². The molecule has 2 heterocycles. The molecule has 0 aliphatic carbocycles. The van der Waals surface area contributed by atoms with Gasteiger partial charge in [0.2, 0.25) is 0 Å². The number of aryl methyl sites for hydroxylation is 1. The zero-order valence-corrected chi connectivity index (χ0v) is 20.1. The second-order valence-electron chi connectivity index (χ2n) is 7.08. The summed E-state index contributed by atoms with van der Waals surface area (Å²) in [5, 5.41) is 18.3. The van der Waals surface area contributed by atoms with Crippen LogP contribution >= 0.6 is 35.3 Å². The van der Waals surface area contributed by atoms with Gasteiger partial charge in [0, 0.05) is 24.5 Å². The average molecular weight is 532 g/mol. The standard InChI is InChI=1S/C21H29FN4OS.HI/c1-3-23-21(25-14-20-15(2)8-11-28-20)24-13-16-4-5-19(18(22)12-16)26-9-6-17(27)7-10-26;/h4-5,8,11-12,17,27H,3,6-7,9-10,13-14H2,1-2H3,(H2,23,24,25);1H. The van der Waals surface area contributed by atoms with Gasteiger partial charge in [-0.05, 0) is 61.4 Å². The third kappa shape index (κ3) is 6.82. The highest BCUT2D eigenvalue weighted by Crippen LogP contribution is 2.24. The Labute approximate surface area is 193 Å². The molecule has 2 aromatic rings. The molecule has 0 radical (unpaired) electrons. The van der Waals surface area contributed by atoms with Gasteiger partial charge in [-0.1, -0.05) is 6.07 Å². The summed E-state index contributed by atoms with van der Waals surface area (Å²) in [5.41, 5.74) is 2.72. The molecular formula is C21H30FIN4OS. The molecule has 29 heavy (non-hydrogen) atoms. The van der Waals surface area contributed by atoms with Crippen LogP contribution in [0.15, 0.2) is 34.6 Å². The largest absolute Gasteiger partial charge is 0.393 e. The number of aliphatic hydroxyl groups excluding tert-OH is 1. The third-order valence-electron chi connectivity index (χ3n) is 4.97. The highest BCUT2D eigenvalue weighted by Gasteiger charge is 2.19. The van der Waals surface area contributed by atoms with E-state index in [0.717, 1.165) is 24.6 Å². The lowest BCUT2D eigenvalue weighted by Crippen LogP contribution is -2.36. The van der Waals surface area contributed by atoms with Crippen molar-refractivity contribution in [1.29, 1.82) is 0 Å². The number of benzene rings is 1. The molecule has 0 atom stereocenters. The van der Waals surface area contributed by atoms with Gasteiger partial charge in [0.25, 0.3) is 0 Å². The SMILES string of the molecule is CCNC(=NCc1ccc(N2CCC(O)CC2)c(F)c1)NCc1sccc1C.I. The summed E-state index contributed by atoms with van der Waals surface area (Å²) in [7, 11) is 0. The average Bonchev–Trinajstić information content (AvgIpc) is 3.10. The number of hydrogen-bond acceptors (Lipinski definition) is 4. The predicted octanol–water partition coefficient (Wildman–Crippen LogP) is 4.03. The van der Waals surface area contributed by atoms with E-state index in [2.05, 4.69) is 34.0 Å². The molecule has 1 aromatic carbocycles. The lowest BCUT2D eigenvalue weighted by Gasteiger charge is -2.31. The number of nitrogens with zero attached hydrogens (tertiary/aromatic N) is 2. The molecule has 1 aromatic heterocycles. The fourth-order valence-electron chi connectivity index (χ4n) is 3.27. The number of halogens is 2. The van der Waals surface area contributed by atoms with Gasteiger partial charge in [-0.2, -0.15) is 0 Å². The minimum absolute atomic E-state index is 0. The van der Waals surface area contributed by atoms with Crippen LogP contribution < -0.4 is 15.5 Å². The summed E-state index contributed by atoms with van der Waals surface area (Å²) in [5.74, 6) is 0.501. The lowest BCUT2D eigenvalue weighted by atomic mass is 10.1. The topological polar surface area (TPSA) is 59.9 Å². The molecule has 1 aliphatic rings. The first-order valence-electron chi connectivity index (χ1n) is 9.83. The molecule has 0 saturated carbocycles. The highest BCUT2D eigenvalue weighted by molar-refractivity contribution is 14.0. The molecule has 0 bridgehead atoms. The Morgan fingerprint density at radius 3 is 2.66 bits per heavy atom. The van der Waals surface area contributed by atoms with Crippen LogP contribution in [-0.4, -0.2) is 36.8 Å². The molecule has 0 unspecified atom stereocenters. The summed E-state index contributed by atoms with van der Waals surface area (Å²) < 4.78 is 14.6. The quantitative estimate of drug-likeness (QED) is 0.299. The predicted molar refractivity (Wildman–Crippen MR) is 130 cm³/mol. The smallest absolute Gasteiger partial charge is 0.191 e. The Bertz CT molecular complexity index is 806. The van der Waals surface area contributed by atoms with E-state index in [1.54, 1.807) is 17.4 Å². The zero-order valence-electron chi connectivity index (χ0n) is 16.9. The van der Waals surface area contributed by atoms with Gasteiger partial charge in [-0.3, -0.25) is 0 Å². The van der Waals surface area contributed by atoms with Crippen molar-refractivity contribution in [3.05, 3.63) is 51.5 Å². The van der Waals surface area contributed by atoms with Crippen LogP contribution in [0, 0.1) is 12.7 Å². The normalized spacial score (nSPS) is 15.2. The van der Waals surface area contributed by atoms with Crippen LogP contribution in [-0.2, 0) is 13.1 Å².